The van der Waals surface area contributed by atoms with Crippen molar-refractivity contribution >= 4 is 32.4 Å². The number of nitrogens with zero attached hydrogens (tertiary/aromatic N) is 3. The summed E-state index contributed by atoms with van der Waals surface area (Å²) < 4.78 is 2.89. The lowest BCUT2D eigenvalue weighted by molar-refractivity contribution is 0.637. The molecule has 0 amide bonds. The highest BCUT2D eigenvalue weighted by molar-refractivity contribution is 9.10. The average molecular weight is 273 g/mol. The van der Waals surface area contributed by atoms with Gasteiger partial charge >= 0.3 is 0 Å². The van der Waals surface area contributed by atoms with Crippen LogP contribution in [0.4, 0.5) is 5.13 Å². The van der Waals surface area contributed by atoms with Crippen molar-refractivity contribution in [1.82, 2.24) is 14.8 Å². The quantitative estimate of drug-likeness (QED) is 0.928. The van der Waals surface area contributed by atoms with Crippen LogP contribution in [-0.4, -0.2) is 21.3 Å². The number of thiazole rings is 1. The zero-order chi connectivity index (χ0) is 9.80. The van der Waals surface area contributed by atoms with Crippen LogP contribution in [0.15, 0.2) is 28.4 Å². The molecular weight excluding hydrogens is 264 g/mol. The van der Waals surface area contributed by atoms with Gasteiger partial charge in [-0.25, -0.2) is 4.98 Å². The summed E-state index contributed by atoms with van der Waals surface area (Å²) >= 11 is 4.95. The lowest BCUT2D eigenvalue weighted by atomic mass is 10.6. The molecule has 0 spiro atoms. The fourth-order valence-corrected chi connectivity index (χ4v) is 1.93. The Balaban J connectivity index is 1.78. The van der Waals surface area contributed by atoms with Crippen LogP contribution in [0.25, 0.3) is 0 Å². The summed E-state index contributed by atoms with van der Waals surface area (Å²) in [6.45, 7) is 1.67. The van der Waals surface area contributed by atoms with Crippen molar-refractivity contribution in [2.75, 3.05) is 11.9 Å². The van der Waals surface area contributed by atoms with Crippen LogP contribution in [0.2, 0.25) is 0 Å². The summed E-state index contributed by atoms with van der Waals surface area (Å²) in [4.78, 5) is 4.12. The third-order valence-electron chi connectivity index (χ3n) is 1.65. The van der Waals surface area contributed by atoms with Gasteiger partial charge in [-0.05, 0) is 15.9 Å². The first-order chi connectivity index (χ1) is 6.84. The molecule has 14 heavy (non-hydrogen) atoms. The van der Waals surface area contributed by atoms with E-state index in [1.165, 1.54) is 0 Å². The SMILES string of the molecule is Brc1cnn(CCNc2nccs2)c1. The number of hydrogen-bond donors (Lipinski definition) is 1. The lowest BCUT2D eigenvalue weighted by Crippen LogP contribution is -2.10. The fourth-order valence-electron chi connectivity index (χ4n) is 1.05. The Morgan fingerprint density at radius 1 is 1.57 bits per heavy atom. The van der Waals surface area contributed by atoms with Crippen LogP contribution in [-0.2, 0) is 6.54 Å². The van der Waals surface area contributed by atoms with Gasteiger partial charge in [0.2, 0.25) is 0 Å². The van der Waals surface area contributed by atoms with Gasteiger partial charge in [0.05, 0.1) is 17.2 Å². The molecule has 0 saturated heterocycles. The molecular formula is C8H9BrN4S. The molecule has 0 aliphatic heterocycles. The fraction of sp³-hybridized carbons (Fsp3) is 0.250. The van der Waals surface area contributed by atoms with E-state index in [9.17, 15) is 0 Å². The highest BCUT2D eigenvalue weighted by atomic mass is 79.9. The minimum absolute atomic E-state index is 0.835. The first kappa shape index (κ1) is 9.67. The van der Waals surface area contributed by atoms with Crippen LogP contribution in [0.5, 0.6) is 0 Å². The van der Waals surface area contributed by atoms with E-state index in [4.69, 9.17) is 0 Å². The Labute approximate surface area is 94.1 Å². The molecule has 2 heterocycles. The first-order valence-corrected chi connectivity index (χ1v) is 5.83. The van der Waals surface area contributed by atoms with E-state index < -0.39 is 0 Å². The maximum atomic E-state index is 4.15. The van der Waals surface area contributed by atoms with Crippen molar-refractivity contribution < 1.29 is 0 Å². The Morgan fingerprint density at radius 2 is 2.50 bits per heavy atom. The van der Waals surface area contributed by atoms with Crippen LogP contribution in [0, 0.1) is 0 Å². The van der Waals surface area contributed by atoms with E-state index in [0.29, 0.717) is 0 Å². The summed E-state index contributed by atoms with van der Waals surface area (Å²) in [6.07, 6.45) is 5.52. The van der Waals surface area contributed by atoms with Gasteiger partial charge in [-0.2, -0.15) is 5.10 Å². The predicted molar refractivity (Wildman–Crippen MR) is 60.5 cm³/mol. The standard InChI is InChI=1S/C8H9BrN4S/c9-7-5-12-13(6-7)3-1-10-8-11-2-4-14-8/h2,4-6H,1,3H2,(H,10,11). The van der Waals surface area contributed by atoms with E-state index >= 15 is 0 Å². The molecule has 1 N–H and O–H groups in total. The second-order valence-electron chi connectivity index (χ2n) is 2.69. The summed E-state index contributed by atoms with van der Waals surface area (Å²) in [5.41, 5.74) is 0. The minimum Gasteiger partial charge on any atom is -0.360 e. The molecule has 0 aliphatic carbocycles. The van der Waals surface area contributed by atoms with E-state index in [-0.39, 0.29) is 0 Å². The number of halogens is 1. The summed E-state index contributed by atoms with van der Waals surface area (Å²) in [5, 5.41) is 10.3. The summed E-state index contributed by atoms with van der Waals surface area (Å²) in [7, 11) is 0. The van der Waals surface area contributed by atoms with Crippen LogP contribution >= 0.6 is 27.3 Å². The maximum Gasteiger partial charge on any atom is 0.182 e. The Hall–Kier alpha value is -0.880. The molecule has 2 aromatic heterocycles. The molecule has 74 valence electrons. The van der Waals surface area contributed by atoms with Gasteiger partial charge in [0, 0.05) is 24.3 Å². The molecule has 0 radical (unpaired) electrons. The molecule has 4 nitrogen and oxygen atoms in total. The Morgan fingerprint density at radius 3 is 3.14 bits per heavy atom. The third kappa shape index (κ3) is 2.55. The van der Waals surface area contributed by atoms with Gasteiger partial charge in [-0.1, -0.05) is 0 Å². The van der Waals surface area contributed by atoms with E-state index in [0.717, 1.165) is 22.7 Å². The Bertz CT molecular complexity index is 384. The number of hydrogen-bond acceptors (Lipinski definition) is 4. The van der Waals surface area contributed by atoms with E-state index in [1.54, 1.807) is 23.7 Å². The molecule has 0 fully saturated rings. The molecule has 2 rings (SSSR count). The Kier molecular flexibility index (Phi) is 3.15. The summed E-state index contributed by atoms with van der Waals surface area (Å²) in [6, 6.07) is 0. The predicted octanol–water partition coefficient (Wildman–Crippen LogP) is 2.21. The number of anilines is 1. The average Bonchev–Trinajstić information content (AvgIpc) is 2.77. The monoisotopic (exact) mass is 272 g/mol. The molecule has 0 aliphatic rings. The molecule has 0 atom stereocenters. The van der Waals surface area contributed by atoms with Crippen molar-refractivity contribution in [3.63, 3.8) is 0 Å². The van der Waals surface area contributed by atoms with Crippen molar-refractivity contribution in [3.8, 4) is 0 Å². The van der Waals surface area contributed by atoms with Gasteiger partial charge in [0.25, 0.3) is 0 Å². The second kappa shape index (κ2) is 4.56. The molecule has 0 aromatic carbocycles. The van der Waals surface area contributed by atoms with Crippen molar-refractivity contribution in [2.24, 2.45) is 0 Å². The first-order valence-electron chi connectivity index (χ1n) is 4.16. The number of rotatable bonds is 4. The summed E-state index contributed by atoms with van der Waals surface area (Å²) in [5.74, 6) is 0. The molecule has 0 bridgehead atoms. The largest absolute Gasteiger partial charge is 0.360 e. The maximum absolute atomic E-state index is 4.15. The van der Waals surface area contributed by atoms with Crippen LogP contribution in [0.1, 0.15) is 0 Å². The lowest BCUT2D eigenvalue weighted by Gasteiger charge is -2.01. The number of aromatic nitrogens is 3. The topological polar surface area (TPSA) is 42.7 Å². The number of nitrogens with one attached hydrogen (secondary N) is 1. The molecule has 0 unspecified atom stereocenters. The van der Waals surface area contributed by atoms with Crippen molar-refractivity contribution in [2.45, 2.75) is 6.54 Å². The van der Waals surface area contributed by atoms with E-state index in [1.807, 2.05) is 16.3 Å². The minimum atomic E-state index is 0.835. The van der Waals surface area contributed by atoms with Gasteiger partial charge < -0.3 is 5.32 Å². The van der Waals surface area contributed by atoms with Crippen LogP contribution < -0.4 is 5.32 Å². The molecule has 6 heteroatoms. The highest BCUT2D eigenvalue weighted by Crippen LogP contribution is 2.10. The second-order valence-corrected chi connectivity index (χ2v) is 4.50. The zero-order valence-electron chi connectivity index (χ0n) is 7.35. The normalized spacial score (nSPS) is 10.4. The van der Waals surface area contributed by atoms with Gasteiger partial charge in [0.1, 0.15) is 0 Å². The highest BCUT2D eigenvalue weighted by Gasteiger charge is 1.96. The van der Waals surface area contributed by atoms with Crippen LogP contribution in [0.3, 0.4) is 0 Å². The van der Waals surface area contributed by atoms with E-state index in [2.05, 4.69) is 31.3 Å². The third-order valence-corrected chi connectivity index (χ3v) is 2.79. The molecule has 0 saturated carbocycles. The molecule has 2 aromatic rings. The van der Waals surface area contributed by atoms with Gasteiger partial charge in [-0.3, -0.25) is 4.68 Å². The smallest absolute Gasteiger partial charge is 0.182 e. The van der Waals surface area contributed by atoms with Gasteiger partial charge in [-0.15, -0.1) is 11.3 Å². The zero-order valence-corrected chi connectivity index (χ0v) is 9.75. The van der Waals surface area contributed by atoms with Gasteiger partial charge in [0.15, 0.2) is 5.13 Å². The van der Waals surface area contributed by atoms with Crippen molar-refractivity contribution in [1.29, 1.82) is 0 Å². The van der Waals surface area contributed by atoms with Crippen molar-refractivity contribution in [3.05, 3.63) is 28.4 Å².